The third-order valence-corrected chi connectivity index (χ3v) is 6.18. The number of aromatic amines is 1. The summed E-state index contributed by atoms with van der Waals surface area (Å²) in [4.78, 5) is 6.58. The van der Waals surface area contributed by atoms with Crippen LogP contribution >= 0.6 is 0 Å². The predicted molar refractivity (Wildman–Crippen MR) is 117 cm³/mol. The first-order chi connectivity index (χ1) is 15.7. The van der Waals surface area contributed by atoms with Crippen molar-refractivity contribution in [3.05, 3.63) is 36.8 Å². The van der Waals surface area contributed by atoms with Crippen molar-refractivity contribution in [2.45, 2.75) is 25.1 Å². The van der Waals surface area contributed by atoms with E-state index in [4.69, 9.17) is 4.74 Å². The first kappa shape index (κ1) is 20.8. The van der Waals surface area contributed by atoms with Crippen LogP contribution in [0.5, 0.6) is 5.75 Å². The minimum Gasteiger partial charge on any atom is -0.507 e. The van der Waals surface area contributed by atoms with Crippen molar-refractivity contribution in [3.8, 4) is 28.1 Å². The van der Waals surface area contributed by atoms with Gasteiger partial charge in [0.15, 0.2) is 0 Å². The van der Waals surface area contributed by atoms with Gasteiger partial charge in [-0.05, 0) is 36.5 Å². The highest BCUT2D eigenvalue weighted by Crippen LogP contribution is 2.32. The Kier molecular flexibility index (Phi) is 5.95. The minimum absolute atomic E-state index is 0.110. The van der Waals surface area contributed by atoms with E-state index in [1.165, 1.54) is 0 Å². The summed E-state index contributed by atoms with van der Waals surface area (Å²) in [5.41, 5.74) is 2.83. The molecular formula is C22H26FN7O2. The molecule has 0 bridgehead atoms. The monoisotopic (exact) mass is 439 g/mol. The van der Waals surface area contributed by atoms with E-state index in [-0.39, 0.29) is 18.4 Å². The highest BCUT2D eigenvalue weighted by molar-refractivity contribution is 5.73. The van der Waals surface area contributed by atoms with Crippen LogP contribution in [0.25, 0.3) is 22.4 Å². The van der Waals surface area contributed by atoms with Crippen LogP contribution in [0.1, 0.15) is 12.8 Å². The van der Waals surface area contributed by atoms with Gasteiger partial charge in [0.2, 0.25) is 5.95 Å². The lowest BCUT2D eigenvalue weighted by Gasteiger charge is -2.28. The number of alkyl halides is 1. The van der Waals surface area contributed by atoms with Gasteiger partial charge >= 0.3 is 0 Å². The van der Waals surface area contributed by atoms with Crippen molar-refractivity contribution in [2.75, 3.05) is 37.7 Å². The standard InChI is InChI=1S/C22H26FN7O2/c23-18-13-32-6-4-19(18)24-8-14-3-5-30(12-14)22-25-11-20(28-29-22)17-2-1-15(7-21(17)31)16-9-26-27-10-16/h1-2,7,9-11,14,18-19,24,31H,3-6,8,12-13H2,(H,26,27). The second-order valence-electron chi connectivity index (χ2n) is 8.36. The second kappa shape index (κ2) is 9.17. The van der Waals surface area contributed by atoms with Gasteiger partial charge in [-0.1, -0.05) is 6.07 Å². The number of aromatic hydroxyl groups is 1. The van der Waals surface area contributed by atoms with Crippen LogP contribution in [0, 0.1) is 5.92 Å². The molecule has 0 spiro atoms. The highest BCUT2D eigenvalue weighted by Gasteiger charge is 2.29. The summed E-state index contributed by atoms with van der Waals surface area (Å²) in [6, 6.07) is 5.25. The summed E-state index contributed by atoms with van der Waals surface area (Å²) >= 11 is 0. The molecular weight excluding hydrogens is 413 g/mol. The maximum Gasteiger partial charge on any atom is 0.245 e. The molecule has 0 amide bonds. The van der Waals surface area contributed by atoms with Gasteiger partial charge in [0, 0.05) is 49.6 Å². The zero-order valence-electron chi connectivity index (χ0n) is 17.6. The Labute approximate surface area is 185 Å². The van der Waals surface area contributed by atoms with Crippen molar-refractivity contribution in [1.29, 1.82) is 0 Å². The van der Waals surface area contributed by atoms with E-state index in [9.17, 15) is 9.50 Å². The quantitative estimate of drug-likeness (QED) is 0.536. The summed E-state index contributed by atoms with van der Waals surface area (Å²) in [6.07, 6.45) is 5.87. The molecule has 2 aromatic heterocycles. The third-order valence-electron chi connectivity index (χ3n) is 6.18. The maximum absolute atomic E-state index is 13.9. The van der Waals surface area contributed by atoms with Gasteiger partial charge in [-0.15, -0.1) is 10.2 Å². The first-order valence-electron chi connectivity index (χ1n) is 10.9. The van der Waals surface area contributed by atoms with Crippen LogP contribution in [0.3, 0.4) is 0 Å². The summed E-state index contributed by atoms with van der Waals surface area (Å²) in [7, 11) is 0. The number of benzene rings is 1. The topological polar surface area (TPSA) is 112 Å². The van der Waals surface area contributed by atoms with Gasteiger partial charge in [-0.25, -0.2) is 9.37 Å². The Morgan fingerprint density at radius 3 is 2.91 bits per heavy atom. The molecule has 3 aromatic rings. The number of anilines is 1. The number of halogens is 1. The van der Waals surface area contributed by atoms with E-state index in [1.807, 2.05) is 6.07 Å². The molecule has 3 atom stereocenters. The molecule has 32 heavy (non-hydrogen) atoms. The van der Waals surface area contributed by atoms with Crippen molar-refractivity contribution in [2.24, 2.45) is 5.92 Å². The van der Waals surface area contributed by atoms with E-state index in [1.54, 1.807) is 30.7 Å². The fourth-order valence-electron chi connectivity index (χ4n) is 4.31. The van der Waals surface area contributed by atoms with E-state index < -0.39 is 6.17 Å². The van der Waals surface area contributed by atoms with Crippen molar-refractivity contribution >= 4 is 5.95 Å². The molecule has 9 nitrogen and oxygen atoms in total. The molecule has 0 radical (unpaired) electrons. The lowest BCUT2D eigenvalue weighted by atomic mass is 10.0. The largest absolute Gasteiger partial charge is 0.507 e. The molecule has 5 rings (SSSR count). The summed E-state index contributed by atoms with van der Waals surface area (Å²) in [5.74, 6) is 1.09. The zero-order valence-corrected chi connectivity index (χ0v) is 17.6. The number of hydrogen-bond acceptors (Lipinski definition) is 8. The highest BCUT2D eigenvalue weighted by atomic mass is 19.1. The van der Waals surface area contributed by atoms with Gasteiger partial charge in [-0.3, -0.25) is 5.10 Å². The molecule has 2 aliphatic heterocycles. The molecule has 0 saturated carbocycles. The molecule has 0 aliphatic carbocycles. The average Bonchev–Trinajstić information content (AvgIpc) is 3.51. The Morgan fingerprint density at radius 1 is 1.22 bits per heavy atom. The Balaban J connectivity index is 1.20. The lowest BCUT2D eigenvalue weighted by molar-refractivity contribution is 0.0133. The summed E-state index contributed by atoms with van der Waals surface area (Å²) in [6.45, 7) is 3.21. The number of rotatable bonds is 6. The number of ether oxygens (including phenoxy) is 1. The van der Waals surface area contributed by atoms with Crippen molar-refractivity contribution < 1.29 is 14.2 Å². The maximum atomic E-state index is 13.9. The molecule has 10 heteroatoms. The van der Waals surface area contributed by atoms with Crippen LogP contribution in [-0.2, 0) is 4.74 Å². The number of phenolic OH excluding ortho intramolecular Hbond substituents is 1. The number of H-pyrrole nitrogens is 1. The first-order valence-corrected chi connectivity index (χ1v) is 10.9. The van der Waals surface area contributed by atoms with Gasteiger partial charge in [0.1, 0.15) is 17.6 Å². The van der Waals surface area contributed by atoms with Crippen LogP contribution in [0.4, 0.5) is 10.3 Å². The molecule has 2 fully saturated rings. The van der Waals surface area contributed by atoms with E-state index in [0.29, 0.717) is 36.2 Å². The number of hydrogen-bond donors (Lipinski definition) is 3. The smallest absolute Gasteiger partial charge is 0.245 e. The molecule has 4 heterocycles. The van der Waals surface area contributed by atoms with E-state index in [2.05, 4.69) is 35.6 Å². The average molecular weight is 439 g/mol. The van der Waals surface area contributed by atoms with Crippen molar-refractivity contribution in [3.63, 3.8) is 0 Å². The molecule has 168 valence electrons. The molecule has 2 saturated heterocycles. The van der Waals surface area contributed by atoms with Gasteiger partial charge in [-0.2, -0.15) is 5.10 Å². The van der Waals surface area contributed by atoms with Gasteiger partial charge < -0.3 is 20.1 Å². The third kappa shape index (κ3) is 4.42. The van der Waals surface area contributed by atoms with Crippen LogP contribution in [0.15, 0.2) is 36.8 Å². The molecule has 1 aromatic carbocycles. The normalized spacial score (nSPS) is 23.5. The van der Waals surface area contributed by atoms with Crippen LogP contribution < -0.4 is 10.2 Å². The number of aromatic nitrogens is 5. The zero-order chi connectivity index (χ0) is 21.9. The lowest BCUT2D eigenvalue weighted by Crippen LogP contribution is -2.46. The summed E-state index contributed by atoms with van der Waals surface area (Å²) in [5, 5.41) is 29.1. The van der Waals surface area contributed by atoms with E-state index >= 15 is 0 Å². The predicted octanol–water partition coefficient (Wildman–Crippen LogP) is 2.18. The SMILES string of the molecule is Oc1cc(-c2cn[nH]c2)ccc1-c1cnc(N2CCC(CNC3CCOCC3F)C2)nn1. The number of nitrogens with zero attached hydrogens (tertiary/aromatic N) is 5. The van der Waals surface area contributed by atoms with E-state index in [0.717, 1.165) is 37.2 Å². The van der Waals surface area contributed by atoms with Gasteiger partial charge in [0.25, 0.3) is 0 Å². The van der Waals surface area contributed by atoms with Gasteiger partial charge in [0.05, 0.1) is 19.0 Å². The Hall–Kier alpha value is -3.11. The molecule has 2 aliphatic rings. The number of phenols is 1. The Morgan fingerprint density at radius 2 is 2.16 bits per heavy atom. The number of nitrogens with one attached hydrogen (secondary N) is 2. The Bertz CT molecular complexity index is 1030. The molecule has 3 N–H and O–H groups in total. The fraction of sp³-hybridized carbons (Fsp3) is 0.455. The van der Waals surface area contributed by atoms with Crippen LogP contribution in [-0.4, -0.2) is 75.5 Å². The molecule has 3 unspecified atom stereocenters. The summed E-state index contributed by atoms with van der Waals surface area (Å²) < 4.78 is 19.1. The minimum atomic E-state index is -0.938. The second-order valence-corrected chi connectivity index (χ2v) is 8.36. The van der Waals surface area contributed by atoms with Crippen molar-refractivity contribution in [1.82, 2.24) is 30.7 Å². The van der Waals surface area contributed by atoms with Crippen LogP contribution in [0.2, 0.25) is 0 Å². The fourth-order valence-corrected chi connectivity index (χ4v) is 4.31.